The van der Waals surface area contributed by atoms with Gasteiger partial charge in [0.25, 0.3) is 0 Å². The Morgan fingerprint density at radius 2 is 1.90 bits per heavy atom. The number of hydrogen-bond donors (Lipinski definition) is 1. The lowest BCUT2D eigenvalue weighted by Crippen LogP contribution is -2.37. The summed E-state index contributed by atoms with van der Waals surface area (Å²) < 4.78 is 23.5. The molecule has 3 rings (SSSR count). The molecule has 6 heteroatoms. The number of fused-ring (bicyclic) bond motifs is 1. The zero-order valence-electron chi connectivity index (χ0n) is 11.5. The summed E-state index contributed by atoms with van der Waals surface area (Å²) in [4.78, 5) is 1.88. The van der Waals surface area contributed by atoms with Crippen molar-refractivity contribution < 1.29 is 8.42 Å². The molecule has 2 heterocycles. The second kappa shape index (κ2) is 4.77. The molecule has 0 aliphatic carbocycles. The third-order valence-corrected chi connectivity index (χ3v) is 7.05. The fourth-order valence-corrected chi connectivity index (χ4v) is 6.62. The number of thioether (sulfide) groups is 1. The van der Waals surface area contributed by atoms with Gasteiger partial charge in [0.15, 0.2) is 15.0 Å². The first kappa shape index (κ1) is 13.9. The molecule has 2 atom stereocenters. The highest BCUT2D eigenvalue weighted by Gasteiger charge is 2.48. The van der Waals surface area contributed by atoms with Crippen LogP contribution in [0.3, 0.4) is 0 Å². The summed E-state index contributed by atoms with van der Waals surface area (Å²) in [6.07, 6.45) is 0. The summed E-state index contributed by atoms with van der Waals surface area (Å²) in [5.41, 5.74) is 2.18. The topological polar surface area (TPSA) is 61.2 Å². The van der Waals surface area contributed by atoms with Gasteiger partial charge in [-0.25, -0.2) is 8.42 Å². The van der Waals surface area contributed by atoms with Gasteiger partial charge in [-0.3, -0.25) is 5.41 Å². The van der Waals surface area contributed by atoms with E-state index in [0.717, 1.165) is 5.69 Å². The Hall–Kier alpha value is -1.01. The summed E-state index contributed by atoms with van der Waals surface area (Å²) in [5.74, 6) is 0.834. The van der Waals surface area contributed by atoms with E-state index < -0.39 is 9.84 Å². The minimum absolute atomic E-state index is 0.0114. The second-order valence-electron chi connectivity index (χ2n) is 5.72. The molecule has 2 fully saturated rings. The van der Waals surface area contributed by atoms with Crippen LogP contribution in [-0.4, -0.2) is 36.4 Å². The quantitative estimate of drug-likeness (QED) is 0.911. The number of hydrogen-bond acceptors (Lipinski definition) is 4. The van der Waals surface area contributed by atoms with Crippen molar-refractivity contribution in [2.24, 2.45) is 0 Å². The highest BCUT2D eigenvalue weighted by molar-refractivity contribution is 8.15. The molecule has 0 aromatic heterocycles. The van der Waals surface area contributed by atoms with E-state index in [1.165, 1.54) is 17.3 Å². The molecule has 1 aromatic carbocycles. The number of nitrogens with zero attached hydrogens (tertiary/aromatic N) is 1. The smallest absolute Gasteiger partial charge is 0.161 e. The number of rotatable bonds is 2. The Bertz CT molecular complexity index is 638. The fraction of sp³-hybridized carbons (Fsp3) is 0.500. The number of benzene rings is 1. The predicted octanol–water partition coefficient (Wildman–Crippen LogP) is 2.46. The first-order chi connectivity index (χ1) is 9.37. The van der Waals surface area contributed by atoms with Crippen LogP contribution in [-0.2, 0) is 9.84 Å². The largest absolute Gasteiger partial charge is 0.316 e. The van der Waals surface area contributed by atoms with Gasteiger partial charge in [0.05, 0.1) is 17.5 Å². The van der Waals surface area contributed by atoms with E-state index in [1.807, 2.05) is 17.0 Å². The molecule has 1 aromatic rings. The first-order valence-corrected chi connectivity index (χ1v) is 9.42. The number of amidine groups is 1. The molecule has 1 N–H and O–H groups in total. The number of anilines is 1. The van der Waals surface area contributed by atoms with E-state index in [9.17, 15) is 8.42 Å². The number of sulfone groups is 1. The standard InChI is InChI=1S/C14H18N2O2S2/c1-9(2)10-3-5-11(6-4-10)16-12-7-20(17,18)8-13(12)19-14(16)15/h3-6,9,12-13,15H,7-8H2,1-2H3/t12-,13-/m0/s1. The lowest BCUT2D eigenvalue weighted by atomic mass is 10.0. The molecule has 20 heavy (non-hydrogen) atoms. The van der Waals surface area contributed by atoms with Crippen molar-refractivity contribution in [2.75, 3.05) is 16.4 Å². The third kappa shape index (κ3) is 2.35. The van der Waals surface area contributed by atoms with Crippen LogP contribution in [0.1, 0.15) is 25.3 Å². The summed E-state index contributed by atoms with van der Waals surface area (Å²) >= 11 is 1.38. The molecule has 0 radical (unpaired) electrons. The van der Waals surface area contributed by atoms with Crippen LogP contribution in [0.4, 0.5) is 5.69 Å². The molecule has 2 aliphatic heterocycles. The Balaban J connectivity index is 1.91. The van der Waals surface area contributed by atoms with Gasteiger partial charge in [-0.1, -0.05) is 37.7 Å². The van der Waals surface area contributed by atoms with Crippen molar-refractivity contribution >= 4 is 32.5 Å². The van der Waals surface area contributed by atoms with Gasteiger partial charge in [-0.2, -0.15) is 0 Å². The van der Waals surface area contributed by atoms with E-state index in [2.05, 4.69) is 26.0 Å². The van der Waals surface area contributed by atoms with Gasteiger partial charge in [0, 0.05) is 10.9 Å². The highest BCUT2D eigenvalue weighted by Crippen LogP contribution is 2.40. The van der Waals surface area contributed by atoms with Gasteiger partial charge >= 0.3 is 0 Å². The Morgan fingerprint density at radius 3 is 2.50 bits per heavy atom. The van der Waals surface area contributed by atoms with Gasteiger partial charge in [-0.15, -0.1) is 0 Å². The van der Waals surface area contributed by atoms with Crippen LogP contribution in [0.15, 0.2) is 24.3 Å². The van der Waals surface area contributed by atoms with Crippen LogP contribution < -0.4 is 4.90 Å². The van der Waals surface area contributed by atoms with Crippen molar-refractivity contribution in [2.45, 2.75) is 31.1 Å². The fourth-order valence-electron chi connectivity index (χ4n) is 2.83. The van der Waals surface area contributed by atoms with E-state index in [1.54, 1.807) is 0 Å². The van der Waals surface area contributed by atoms with E-state index in [-0.39, 0.29) is 22.8 Å². The minimum atomic E-state index is -2.95. The summed E-state index contributed by atoms with van der Waals surface area (Å²) in [5, 5.41) is 8.58. The molecule has 2 saturated heterocycles. The lowest BCUT2D eigenvalue weighted by molar-refractivity contribution is 0.601. The molecule has 0 saturated carbocycles. The van der Waals surface area contributed by atoms with Crippen molar-refractivity contribution in [1.82, 2.24) is 0 Å². The summed E-state index contributed by atoms with van der Waals surface area (Å²) in [6.45, 7) is 4.28. The van der Waals surface area contributed by atoms with E-state index in [0.29, 0.717) is 11.1 Å². The van der Waals surface area contributed by atoms with Crippen LogP contribution in [0.5, 0.6) is 0 Å². The number of nitrogens with one attached hydrogen (secondary N) is 1. The molecular formula is C14H18N2O2S2. The average molecular weight is 310 g/mol. The SMILES string of the molecule is CC(C)c1ccc(N2C(=N)S[C@H]3CS(=O)(=O)C[C@@H]32)cc1. The monoisotopic (exact) mass is 310 g/mol. The Labute approximate surface area is 124 Å². The summed E-state index contributed by atoms with van der Waals surface area (Å²) in [7, 11) is -2.95. The average Bonchev–Trinajstić information content (AvgIpc) is 2.79. The van der Waals surface area contributed by atoms with Gasteiger partial charge in [-0.05, 0) is 23.6 Å². The molecule has 0 unspecified atom stereocenters. The molecule has 4 nitrogen and oxygen atoms in total. The lowest BCUT2D eigenvalue weighted by Gasteiger charge is -2.24. The molecule has 2 aliphatic rings. The van der Waals surface area contributed by atoms with Gasteiger partial charge in [0.1, 0.15) is 0 Å². The maximum atomic E-state index is 11.8. The van der Waals surface area contributed by atoms with Gasteiger partial charge in [0.2, 0.25) is 0 Å². The van der Waals surface area contributed by atoms with Crippen molar-refractivity contribution in [1.29, 1.82) is 5.41 Å². The summed E-state index contributed by atoms with van der Waals surface area (Å²) in [6, 6.07) is 8.04. The van der Waals surface area contributed by atoms with Crippen molar-refractivity contribution in [3.63, 3.8) is 0 Å². The van der Waals surface area contributed by atoms with Crippen LogP contribution >= 0.6 is 11.8 Å². The molecule has 0 bridgehead atoms. The van der Waals surface area contributed by atoms with Crippen molar-refractivity contribution in [3.05, 3.63) is 29.8 Å². The van der Waals surface area contributed by atoms with Crippen molar-refractivity contribution in [3.8, 4) is 0 Å². The highest BCUT2D eigenvalue weighted by atomic mass is 32.2. The zero-order chi connectivity index (χ0) is 14.5. The maximum Gasteiger partial charge on any atom is 0.161 e. The van der Waals surface area contributed by atoms with E-state index >= 15 is 0 Å². The molecule has 0 spiro atoms. The third-order valence-electron chi connectivity index (χ3n) is 3.92. The second-order valence-corrected chi connectivity index (χ2v) is 9.10. The van der Waals surface area contributed by atoms with Crippen LogP contribution in [0.25, 0.3) is 0 Å². The predicted molar refractivity (Wildman–Crippen MR) is 84.6 cm³/mol. The maximum absolute atomic E-state index is 11.8. The molecular weight excluding hydrogens is 292 g/mol. The van der Waals surface area contributed by atoms with Crippen LogP contribution in [0, 0.1) is 5.41 Å². The van der Waals surface area contributed by atoms with Crippen LogP contribution in [0.2, 0.25) is 0 Å². The molecule has 0 amide bonds. The molecule has 108 valence electrons. The zero-order valence-corrected chi connectivity index (χ0v) is 13.2. The van der Waals surface area contributed by atoms with Gasteiger partial charge < -0.3 is 4.90 Å². The Morgan fingerprint density at radius 1 is 1.25 bits per heavy atom. The first-order valence-electron chi connectivity index (χ1n) is 6.72. The Kier molecular flexibility index (Phi) is 3.33. The minimum Gasteiger partial charge on any atom is -0.316 e. The normalized spacial score (nSPS) is 28.1. The van der Waals surface area contributed by atoms with E-state index in [4.69, 9.17) is 5.41 Å².